The van der Waals surface area contributed by atoms with Gasteiger partial charge in [-0.25, -0.2) is 8.42 Å². The maximum atomic E-state index is 12.5. The lowest BCUT2D eigenvalue weighted by Crippen LogP contribution is -2.28. The largest absolute Gasteiger partial charge is 0.491 e. The molecule has 0 saturated carbocycles. The molecule has 0 heterocycles. The van der Waals surface area contributed by atoms with E-state index in [2.05, 4.69) is 0 Å². The minimum Gasteiger partial charge on any atom is -0.491 e. The van der Waals surface area contributed by atoms with Gasteiger partial charge in [-0.05, 0) is 25.1 Å². The van der Waals surface area contributed by atoms with Gasteiger partial charge in [-0.15, -0.1) is 0 Å². The first-order valence-electron chi connectivity index (χ1n) is 6.44. The van der Waals surface area contributed by atoms with E-state index in [4.69, 9.17) is 4.74 Å². The quantitative estimate of drug-likeness (QED) is 0.776. The van der Waals surface area contributed by atoms with Crippen LogP contribution in [0.3, 0.4) is 0 Å². The predicted molar refractivity (Wildman–Crippen MR) is 76.4 cm³/mol. The van der Waals surface area contributed by atoms with Crippen molar-refractivity contribution in [1.82, 2.24) is 0 Å². The Labute approximate surface area is 127 Å². The average molecular weight is 338 g/mol. The normalized spacial score (nSPS) is 14.2. The third-order valence-electron chi connectivity index (χ3n) is 2.64. The molecular formula is C14H17F3O4S. The van der Waals surface area contributed by atoms with Gasteiger partial charge in [-0.2, -0.15) is 13.2 Å². The Balaban J connectivity index is 2.59. The van der Waals surface area contributed by atoms with E-state index in [1.807, 2.05) is 0 Å². The van der Waals surface area contributed by atoms with Crippen LogP contribution in [0.15, 0.2) is 36.4 Å². The van der Waals surface area contributed by atoms with E-state index < -0.39 is 40.0 Å². The van der Waals surface area contributed by atoms with Crippen molar-refractivity contribution in [2.45, 2.75) is 19.2 Å². The molecule has 1 aromatic rings. The first-order valence-corrected chi connectivity index (χ1v) is 8.26. The Morgan fingerprint density at radius 1 is 1.36 bits per heavy atom. The van der Waals surface area contributed by atoms with E-state index in [-0.39, 0.29) is 11.5 Å². The van der Waals surface area contributed by atoms with Gasteiger partial charge in [0, 0.05) is 0 Å². The molecule has 0 amide bonds. The van der Waals surface area contributed by atoms with Crippen molar-refractivity contribution in [3.8, 4) is 5.75 Å². The van der Waals surface area contributed by atoms with Crippen LogP contribution < -0.4 is 4.74 Å². The second-order valence-electron chi connectivity index (χ2n) is 4.64. The molecule has 0 aliphatic rings. The Hall–Kier alpha value is -1.54. The summed E-state index contributed by atoms with van der Waals surface area (Å²) < 4.78 is 65.7. The van der Waals surface area contributed by atoms with Gasteiger partial charge in [0.2, 0.25) is 0 Å². The summed E-state index contributed by atoms with van der Waals surface area (Å²) in [6.45, 7) is 1.26. The van der Waals surface area contributed by atoms with Crippen molar-refractivity contribution in [3.05, 3.63) is 42.0 Å². The smallest absolute Gasteiger partial charge is 0.416 e. The van der Waals surface area contributed by atoms with Crippen LogP contribution in [0.4, 0.5) is 13.2 Å². The van der Waals surface area contributed by atoms with Crippen LogP contribution in [0.5, 0.6) is 5.75 Å². The van der Waals surface area contributed by atoms with E-state index in [1.165, 1.54) is 18.2 Å². The molecule has 124 valence electrons. The van der Waals surface area contributed by atoms with Gasteiger partial charge in [-0.3, -0.25) is 0 Å². The number of hydrogen-bond acceptors (Lipinski definition) is 4. The Morgan fingerprint density at radius 2 is 2.05 bits per heavy atom. The summed E-state index contributed by atoms with van der Waals surface area (Å²) in [7, 11) is -3.48. The van der Waals surface area contributed by atoms with Crippen LogP contribution in [-0.2, 0) is 16.0 Å². The fourth-order valence-electron chi connectivity index (χ4n) is 1.61. The molecule has 0 fully saturated rings. The molecule has 0 aliphatic heterocycles. The van der Waals surface area contributed by atoms with Gasteiger partial charge in [0.1, 0.15) is 18.5 Å². The molecule has 0 aliphatic carbocycles. The molecule has 8 heteroatoms. The number of ether oxygens (including phenoxy) is 1. The number of benzene rings is 1. The van der Waals surface area contributed by atoms with E-state index in [1.54, 1.807) is 13.0 Å². The van der Waals surface area contributed by atoms with Crippen LogP contribution in [0.1, 0.15) is 12.5 Å². The van der Waals surface area contributed by atoms with E-state index in [0.717, 1.165) is 12.1 Å². The molecule has 0 spiro atoms. The van der Waals surface area contributed by atoms with E-state index >= 15 is 0 Å². The van der Waals surface area contributed by atoms with Crippen molar-refractivity contribution in [2.24, 2.45) is 0 Å². The maximum Gasteiger partial charge on any atom is 0.416 e. The summed E-state index contributed by atoms with van der Waals surface area (Å²) in [4.78, 5) is 0. The van der Waals surface area contributed by atoms with Crippen LogP contribution in [0, 0.1) is 0 Å². The fraction of sp³-hybridized carbons (Fsp3) is 0.429. The zero-order chi connectivity index (χ0) is 16.8. The Kier molecular flexibility index (Phi) is 6.43. The summed E-state index contributed by atoms with van der Waals surface area (Å²) in [5.41, 5.74) is -0.875. The van der Waals surface area contributed by atoms with Crippen LogP contribution in [0.2, 0.25) is 0 Å². The Bertz CT molecular complexity index is 609. The van der Waals surface area contributed by atoms with Gasteiger partial charge < -0.3 is 9.84 Å². The number of alkyl halides is 3. The minimum absolute atomic E-state index is 0.0836. The standard InChI is InChI=1S/C14H17F3O4S/c1-2-3-7-22(19,20)10-12(18)9-21-13-6-4-5-11(8-13)14(15,16)17/h2-6,8,12,18H,7,9-10H2,1H3. The molecule has 0 bridgehead atoms. The average Bonchev–Trinajstić information content (AvgIpc) is 2.42. The number of sulfone groups is 1. The molecule has 1 N–H and O–H groups in total. The molecule has 1 aromatic carbocycles. The maximum absolute atomic E-state index is 12.5. The van der Waals surface area contributed by atoms with Crippen LogP contribution >= 0.6 is 0 Å². The van der Waals surface area contributed by atoms with Crippen molar-refractivity contribution in [2.75, 3.05) is 18.1 Å². The molecule has 22 heavy (non-hydrogen) atoms. The lowest BCUT2D eigenvalue weighted by molar-refractivity contribution is -0.137. The van der Waals surface area contributed by atoms with E-state index in [9.17, 15) is 26.7 Å². The highest BCUT2D eigenvalue weighted by Gasteiger charge is 2.30. The van der Waals surface area contributed by atoms with Crippen molar-refractivity contribution >= 4 is 9.84 Å². The topological polar surface area (TPSA) is 63.6 Å². The van der Waals surface area contributed by atoms with Gasteiger partial charge in [0.15, 0.2) is 9.84 Å². The SMILES string of the molecule is CC=CCS(=O)(=O)CC(O)COc1cccc(C(F)(F)F)c1. The van der Waals surface area contributed by atoms with Gasteiger partial charge in [-0.1, -0.05) is 18.2 Å². The highest BCUT2D eigenvalue weighted by Crippen LogP contribution is 2.31. The molecule has 0 aromatic heterocycles. The molecule has 1 rings (SSSR count). The first kappa shape index (κ1) is 18.5. The number of hydrogen-bond donors (Lipinski definition) is 1. The summed E-state index contributed by atoms with van der Waals surface area (Å²) in [6, 6.07) is 4.16. The third kappa shape index (κ3) is 6.48. The minimum atomic E-state index is -4.49. The number of rotatable bonds is 7. The second kappa shape index (κ2) is 7.64. The summed E-state index contributed by atoms with van der Waals surface area (Å²) in [6.07, 6.45) is -2.79. The monoisotopic (exact) mass is 338 g/mol. The number of allylic oxidation sites excluding steroid dienone is 1. The zero-order valence-electron chi connectivity index (χ0n) is 11.9. The molecule has 1 unspecified atom stereocenters. The molecule has 0 radical (unpaired) electrons. The summed E-state index contributed by atoms with van der Waals surface area (Å²) in [5, 5.41) is 9.62. The highest BCUT2D eigenvalue weighted by molar-refractivity contribution is 7.91. The van der Waals surface area contributed by atoms with Crippen LogP contribution in [-0.4, -0.2) is 37.7 Å². The van der Waals surface area contributed by atoms with Crippen molar-refractivity contribution in [1.29, 1.82) is 0 Å². The Morgan fingerprint density at radius 3 is 2.64 bits per heavy atom. The fourth-order valence-corrected chi connectivity index (χ4v) is 2.91. The van der Waals surface area contributed by atoms with Gasteiger partial charge in [0.25, 0.3) is 0 Å². The third-order valence-corrected chi connectivity index (χ3v) is 4.23. The van der Waals surface area contributed by atoms with Gasteiger partial charge >= 0.3 is 6.18 Å². The molecular weight excluding hydrogens is 321 g/mol. The number of aliphatic hydroxyl groups is 1. The highest BCUT2D eigenvalue weighted by atomic mass is 32.2. The van der Waals surface area contributed by atoms with Crippen LogP contribution in [0.25, 0.3) is 0 Å². The lowest BCUT2D eigenvalue weighted by atomic mass is 10.2. The lowest BCUT2D eigenvalue weighted by Gasteiger charge is -2.13. The number of aliphatic hydroxyl groups excluding tert-OH is 1. The predicted octanol–water partition coefficient (Wildman–Crippen LogP) is 2.44. The molecule has 1 atom stereocenters. The second-order valence-corrected chi connectivity index (χ2v) is 6.79. The molecule has 4 nitrogen and oxygen atoms in total. The summed E-state index contributed by atoms with van der Waals surface area (Å²) in [5.74, 6) is -0.805. The summed E-state index contributed by atoms with van der Waals surface area (Å²) >= 11 is 0. The van der Waals surface area contributed by atoms with Crippen molar-refractivity contribution < 1.29 is 31.4 Å². The zero-order valence-corrected chi connectivity index (χ0v) is 12.7. The van der Waals surface area contributed by atoms with Crippen molar-refractivity contribution in [3.63, 3.8) is 0 Å². The van der Waals surface area contributed by atoms with E-state index in [0.29, 0.717) is 0 Å². The van der Waals surface area contributed by atoms with Gasteiger partial charge in [0.05, 0.1) is 17.1 Å². The first-order chi connectivity index (χ1) is 10.1. The number of halogens is 3. The molecule has 0 saturated heterocycles.